The number of amides is 2. The minimum absolute atomic E-state index is 0.0399. The number of aromatic nitrogens is 1. The minimum Gasteiger partial charge on any atom is -0.506 e. The Morgan fingerprint density at radius 1 is 1.17 bits per heavy atom. The molecule has 1 aromatic heterocycles. The molecule has 2 amide bonds. The summed E-state index contributed by atoms with van der Waals surface area (Å²) >= 11 is 0. The van der Waals surface area contributed by atoms with Crippen molar-refractivity contribution in [3.63, 3.8) is 0 Å². The first kappa shape index (κ1) is 19.3. The Bertz CT molecular complexity index is 920. The van der Waals surface area contributed by atoms with Gasteiger partial charge in [-0.15, -0.1) is 0 Å². The number of hydrogen-bond donors (Lipinski definition) is 1. The summed E-state index contributed by atoms with van der Waals surface area (Å²) in [5.74, 6) is -0.751. The highest BCUT2D eigenvalue weighted by Gasteiger charge is 2.42. The van der Waals surface area contributed by atoms with Gasteiger partial charge in [0.1, 0.15) is 18.2 Å². The molecule has 29 heavy (non-hydrogen) atoms. The normalized spacial score (nSPS) is 22.6. The van der Waals surface area contributed by atoms with Crippen LogP contribution in [-0.2, 0) is 9.53 Å². The molecule has 8 heteroatoms. The van der Waals surface area contributed by atoms with Crippen molar-refractivity contribution in [2.24, 2.45) is 0 Å². The first-order valence-electron chi connectivity index (χ1n) is 9.59. The predicted octanol–water partition coefficient (Wildman–Crippen LogP) is 2.35. The number of rotatable bonds is 2. The SMILES string of the molecule is O=C(c1cncc(O)c1)N1CCCC2(CC1)CN(c1ccc(F)cc1)C(=O)CO2. The molecule has 0 bridgehead atoms. The van der Waals surface area contributed by atoms with Crippen molar-refractivity contribution in [3.05, 3.63) is 54.1 Å². The summed E-state index contributed by atoms with van der Waals surface area (Å²) in [4.78, 5) is 32.4. The number of aromatic hydroxyl groups is 1. The Morgan fingerprint density at radius 2 is 1.97 bits per heavy atom. The van der Waals surface area contributed by atoms with E-state index in [2.05, 4.69) is 4.98 Å². The van der Waals surface area contributed by atoms with E-state index in [0.29, 0.717) is 43.7 Å². The zero-order chi connectivity index (χ0) is 20.4. The number of anilines is 1. The number of likely N-dealkylation sites (tertiary alicyclic amines) is 1. The number of nitrogens with zero attached hydrogens (tertiary/aromatic N) is 3. The van der Waals surface area contributed by atoms with Crippen LogP contribution in [-0.4, -0.2) is 58.6 Å². The van der Waals surface area contributed by atoms with Gasteiger partial charge in [0, 0.05) is 25.0 Å². The topological polar surface area (TPSA) is 83.0 Å². The lowest BCUT2D eigenvalue weighted by molar-refractivity contribution is -0.140. The van der Waals surface area contributed by atoms with E-state index in [9.17, 15) is 19.1 Å². The molecule has 3 heterocycles. The highest BCUT2D eigenvalue weighted by Crippen LogP contribution is 2.33. The van der Waals surface area contributed by atoms with Crippen LogP contribution in [0.1, 0.15) is 29.6 Å². The molecular formula is C21H22FN3O4. The maximum Gasteiger partial charge on any atom is 0.255 e. The third-order valence-electron chi connectivity index (χ3n) is 5.54. The summed E-state index contributed by atoms with van der Waals surface area (Å²) in [5.41, 5.74) is 0.435. The molecule has 0 saturated carbocycles. The molecule has 1 spiro atoms. The highest BCUT2D eigenvalue weighted by atomic mass is 19.1. The quantitative estimate of drug-likeness (QED) is 0.838. The molecule has 1 aromatic carbocycles. The molecule has 2 aliphatic rings. The van der Waals surface area contributed by atoms with Gasteiger partial charge in [-0.3, -0.25) is 14.6 Å². The molecule has 7 nitrogen and oxygen atoms in total. The van der Waals surface area contributed by atoms with E-state index < -0.39 is 5.60 Å². The summed E-state index contributed by atoms with van der Waals surface area (Å²) in [6.45, 7) is 1.36. The zero-order valence-electron chi connectivity index (χ0n) is 15.9. The second kappa shape index (κ2) is 7.79. The lowest BCUT2D eigenvalue weighted by atomic mass is 9.92. The number of benzene rings is 1. The molecular weight excluding hydrogens is 377 g/mol. The average molecular weight is 399 g/mol. The lowest BCUT2D eigenvalue weighted by Crippen LogP contribution is -2.55. The molecule has 1 atom stereocenters. The van der Waals surface area contributed by atoms with Crippen molar-refractivity contribution in [3.8, 4) is 5.75 Å². The fourth-order valence-electron chi connectivity index (χ4n) is 3.97. The van der Waals surface area contributed by atoms with Crippen LogP contribution in [0.5, 0.6) is 5.75 Å². The van der Waals surface area contributed by atoms with Gasteiger partial charge in [0.2, 0.25) is 0 Å². The van der Waals surface area contributed by atoms with Gasteiger partial charge in [-0.25, -0.2) is 4.39 Å². The summed E-state index contributed by atoms with van der Waals surface area (Å²) < 4.78 is 19.2. The van der Waals surface area contributed by atoms with Crippen LogP contribution in [0, 0.1) is 5.82 Å². The first-order chi connectivity index (χ1) is 14.0. The van der Waals surface area contributed by atoms with Crippen molar-refractivity contribution in [2.45, 2.75) is 24.9 Å². The molecule has 1 unspecified atom stereocenters. The second-order valence-corrected chi connectivity index (χ2v) is 7.51. The van der Waals surface area contributed by atoms with Gasteiger partial charge < -0.3 is 19.6 Å². The second-order valence-electron chi connectivity index (χ2n) is 7.51. The third-order valence-corrected chi connectivity index (χ3v) is 5.54. The standard InChI is InChI=1S/C21H22FN3O4/c22-16-2-4-17(5-3-16)25-14-21(29-13-19(25)27)6-1-8-24(9-7-21)20(28)15-10-18(26)12-23-11-15/h2-5,10-12,26H,1,6-9,13-14H2. The number of morpholine rings is 1. The molecule has 2 fully saturated rings. The fourth-order valence-corrected chi connectivity index (χ4v) is 3.97. The summed E-state index contributed by atoms with van der Waals surface area (Å²) in [6, 6.07) is 7.26. The van der Waals surface area contributed by atoms with Crippen molar-refractivity contribution in [1.82, 2.24) is 9.88 Å². The van der Waals surface area contributed by atoms with Crippen LogP contribution in [0.15, 0.2) is 42.7 Å². The Hall–Kier alpha value is -3.00. The van der Waals surface area contributed by atoms with E-state index in [1.165, 1.54) is 30.6 Å². The third kappa shape index (κ3) is 4.07. The first-order valence-corrected chi connectivity index (χ1v) is 9.59. The van der Waals surface area contributed by atoms with E-state index in [-0.39, 0.29) is 30.0 Å². The summed E-state index contributed by atoms with van der Waals surface area (Å²) in [6.07, 6.45) is 4.74. The minimum atomic E-state index is -0.547. The molecule has 1 N–H and O–H groups in total. The van der Waals surface area contributed by atoms with Crippen molar-refractivity contribution >= 4 is 17.5 Å². The number of pyridine rings is 1. The van der Waals surface area contributed by atoms with Crippen LogP contribution in [0.4, 0.5) is 10.1 Å². The molecule has 0 aliphatic carbocycles. The van der Waals surface area contributed by atoms with Crippen molar-refractivity contribution in [1.29, 1.82) is 0 Å². The average Bonchev–Trinajstić information content (AvgIpc) is 2.93. The van der Waals surface area contributed by atoms with Crippen LogP contribution < -0.4 is 4.90 Å². The molecule has 4 rings (SSSR count). The Balaban J connectivity index is 1.48. The fraction of sp³-hybridized carbons (Fsp3) is 0.381. The van der Waals surface area contributed by atoms with E-state index in [4.69, 9.17) is 4.74 Å². The van der Waals surface area contributed by atoms with Gasteiger partial charge in [-0.2, -0.15) is 0 Å². The molecule has 2 aliphatic heterocycles. The number of carbonyl (C=O) groups is 2. The van der Waals surface area contributed by atoms with Gasteiger partial charge in [0.25, 0.3) is 11.8 Å². The number of halogens is 1. The molecule has 0 radical (unpaired) electrons. The van der Waals surface area contributed by atoms with Crippen LogP contribution in [0.2, 0.25) is 0 Å². The van der Waals surface area contributed by atoms with Crippen molar-refractivity contribution < 1.29 is 23.8 Å². The number of carbonyl (C=O) groups excluding carboxylic acids is 2. The Labute approximate surface area is 167 Å². The van der Waals surface area contributed by atoms with Crippen LogP contribution >= 0.6 is 0 Å². The van der Waals surface area contributed by atoms with E-state index in [1.54, 1.807) is 21.9 Å². The van der Waals surface area contributed by atoms with Gasteiger partial charge in [0.15, 0.2) is 0 Å². The number of ether oxygens (including phenoxy) is 1. The molecule has 2 saturated heterocycles. The van der Waals surface area contributed by atoms with E-state index in [1.807, 2.05) is 0 Å². The molecule has 2 aromatic rings. The lowest BCUT2D eigenvalue weighted by Gasteiger charge is -2.42. The largest absolute Gasteiger partial charge is 0.506 e. The maximum atomic E-state index is 13.3. The number of hydrogen-bond acceptors (Lipinski definition) is 5. The van der Waals surface area contributed by atoms with E-state index >= 15 is 0 Å². The van der Waals surface area contributed by atoms with Gasteiger partial charge in [-0.1, -0.05) is 0 Å². The Kier molecular flexibility index (Phi) is 5.19. The predicted molar refractivity (Wildman–Crippen MR) is 103 cm³/mol. The van der Waals surface area contributed by atoms with Crippen LogP contribution in [0.3, 0.4) is 0 Å². The van der Waals surface area contributed by atoms with Crippen molar-refractivity contribution in [2.75, 3.05) is 31.1 Å². The van der Waals surface area contributed by atoms with E-state index in [0.717, 1.165) is 6.42 Å². The molecule has 152 valence electrons. The van der Waals surface area contributed by atoms with Gasteiger partial charge >= 0.3 is 0 Å². The van der Waals surface area contributed by atoms with Crippen LogP contribution in [0.25, 0.3) is 0 Å². The maximum absolute atomic E-state index is 13.3. The highest BCUT2D eigenvalue weighted by molar-refractivity contribution is 5.95. The Morgan fingerprint density at radius 3 is 2.72 bits per heavy atom. The monoisotopic (exact) mass is 399 g/mol. The van der Waals surface area contributed by atoms with Gasteiger partial charge in [0.05, 0.1) is 23.9 Å². The smallest absolute Gasteiger partial charge is 0.255 e. The summed E-state index contributed by atoms with van der Waals surface area (Å²) in [5, 5.41) is 9.58. The zero-order valence-corrected chi connectivity index (χ0v) is 15.9. The summed E-state index contributed by atoms with van der Waals surface area (Å²) in [7, 11) is 0. The van der Waals surface area contributed by atoms with Gasteiger partial charge in [-0.05, 0) is 49.6 Å².